The number of carbonyl (C=O) groups is 2. The van der Waals surface area contributed by atoms with Gasteiger partial charge in [-0.15, -0.1) is 0 Å². The Morgan fingerprint density at radius 1 is 1.26 bits per heavy atom. The third-order valence-electron chi connectivity index (χ3n) is 3.77. The maximum absolute atomic E-state index is 12.4. The normalized spacial score (nSPS) is 22.1. The molecule has 1 atom stereocenters. The fourth-order valence-electron chi connectivity index (χ4n) is 2.45. The summed E-state index contributed by atoms with van der Waals surface area (Å²) in [6.45, 7) is 0.0850. The van der Waals surface area contributed by atoms with Gasteiger partial charge in [0.1, 0.15) is 5.75 Å². The van der Waals surface area contributed by atoms with E-state index < -0.39 is 12.1 Å². The number of aliphatic carboxylic acids is 1. The Morgan fingerprint density at radius 2 is 2.00 bits per heavy atom. The molecule has 0 radical (unpaired) electrons. The highest BCUT2D eigenvalue weighted by Crippen LogP contribution is 2.37. The van der Waals surface area contributed by atoms with E-state index in [-0.39, 0.29) is 18.4 Å². The first-order chi connectivity index (χ1) is 9.16. The second-order valence-corrected chi connectivity index (χ2v) is 4.99. The van der Waals surface area contributed by atoms with Gasteiger partial charge in [0.15, 0.2) is 0 Å². The van der Waals surface area contributed by atoms with Crippen molar-refractivity contribution in [3.63, 3.8) is 0 Å². The number of rotatable bonds is 2. The quantitative estimate of drug-likeness (QED) is 0.879. The van der Waals surface area contributed by atoms with Crippen LogP contribution in [0.5, 0.6) is 5.75 Å². The summed E-state index contributed by atoms with van der Waals surface area (Å²) in [6, 6.07) is 7.09. The van der Waals surface area contributed by atoms with Crippen LogP contribution in [0.3, 0.4) is 0 Å². The standard InChI is InChI=1S/C14H15NO4/c16-13(9-4-3-5-9)15-8-12(14(17)18)19-11-7-2-1-6-10(11)15/h1-2,6-7,9,12H,3-5,8H2,(H,17,18)/t12-/m0/s1. The maximum atomic E-state index is 12.4. The zero-order valence-corrected chi connectivity index (χ0v) is 10.4. The molecule has 1 aliphatic heterocycles. The van der Waals surface area contributed by atoms with Crippen molar-refractivity contribution < 1.29 is 19.4 Å². The first-order valence-electron chi connectivity index (χ1n) is 6.46. The van der Waals surface area contributed by atoms with Crippen LogP contribution < -0.4 is 9.64 Å². The molecule has 1 aromatic carbocycles. The molecule has 0 saturated heterocycles. The Kier molecular flexibility index (Phi) is 2.89. The van der Waals surface area contributed by atoms with Crippen LogP contribution in [0, 0.1) is 5.92 Å². The van der Waals surface area contributed by atoms with Gasteiger partial charge in [-0.2, -0.15) is 0 Å². The lowest BCUT2D eigenvalue weighted by Crippen LogP contribution is -2.49. The molecule has 5 nitrogen and oxygen atoms in total. The zero-order chi connectivity index (χ0) is 13.4. The summed E-state index contributed by atoms with van der Waals surface area (Å²) in [7, 11) is 0. The second kappa shape index (κ2) is 4.57. The number of fused-ring (bicyclic) bond motifs is 1. The number of hydrogen-bond donors (Lipinski definition) is 1. The van der Waals surface area contributed by atoms with E-state index in [4.69, 9.17) is 9.84 Å². The lowest BCUT2D eigenvalue weighted by atomic mass is 9.84. The highest BCUT2D eigenvalue weighted by Gasteiger charge is 2.37. The maximum Gasteiger partial charge on any atom is 0.346 e. The highest BCUT2D eigenvalue weighted by atomic mass is 16.5. The summed E-state index contributed by atoms with van der Waals surface area (Å²) in [5.74, 6) is -0.511. The fourth-order valence-corrected chi connectivity index (χ4v) is 2.45. The molecule has 0 unspecified atom stereocenters. The molecule has 0 bridgehead atoms. The minimum atomic E-state index is -1.04. The third-order valence-corrected chi connectivity index (χ3v) is 3.77. The lowest BCUT2D eigenvalue weighted by molar-refractivity contribution is -0.145. The van der Waals surface area contributed by atoms with E-state index in [9.17, 15) is 9.59 Å². The Hall–Kier alpha value is -2.04. The van der Waals surface area contributed by atoms with Gasteiger partial charge in [-0.25, -0.2) is 4.79 Å². The molecule has 0 aromatic heterocycles. The number of hydrogen-bond acceptors (Lipinski definition) is 3. The van der Waals surface area contributed by atoms with E-state index in [0.717, 1.165) is 19.3 Å². The molecule has 1 N–H and O–H groups in total. The van der Waals surface area contributed by atoms with E-state index in [1.165, 1.54) is 0 Å². The van der Waals surface area contributed by atoms with Crippen molar-refractivity contribution in [1.82, 2.24) is 0 Å². The van der Waals surface area contributed by atoms with Crippen molar-refractivity contribution in [2.24, 2.45) is 5.92 Å². The summed E-state index contributed by atoms with van der Waals surface area (Å²) in [6.07, 6.45) is 1.88. The van der Waals surface area contributed by atoms with Crippen LogP contribution in [0.1, 0.15) is 19.3 Å². The van der Waals surface area contributed by atoms with Gasteiger partial charge in [0.05, 0.1) is 12.2 Å². The molecule has 3 rings (SSSR count). The number of carbonyl (C=O) groups excluding carboxylic acids is 1. The summed E-state index contributed by atoms with van der Waals surface area (Å²) < 4.78 is 5.41. The first kappa shape index (κ1) is 12.0. The largest absolute Gasteiger partial charge is 0.478 e. The van der Waals surface area contributed by atoms with E-state index in [0.29, 0.717) is 11.4 Å². The number of benzene rings is 1. The van der Waals surface area contributed by atoms with Gasteiger partial charge in [-0.05, 0) is 25.0 Å². The molecule has 1 heterocycles. The number of carboxylic acids is 1. The average Bonchev–Trinajstić information content (AvgIpc) is 2.35. The highest BCUT2D eigenvalue weighted by molar-refractivity contribution is 5.98. The number of ether oxygens (including phenoxy) is 1. The average molecular weight is 261 g/mol. The van der Waals surface area contributed by atoms with Crippen molar-refractivity contribution in [2.75, 3.05) is 11.4 Å². The van der Waals surface area contributed by atoms with Gasteiger partial charge in [0.25, 0.3) is 0 Å². The zero-order valence-electron chi connectivity index (χ0n) is 10.4. The summed E-state index contributed by atoms with van der Waals surface area (Å²) in [5.41, 5.74) is 0.678. The lowest BCUT2D eigenvalue weighted by Gasteiger charge is -2.37. The molecular formula is C14H15NO4. The van der Waals surface area contributed by atoms with Crippen molar-refractivity contribution in [1.29, 1.82) is 0 Å². The van der Waals surface area contributed by atoms with E-state index >= 15 is 0 Å². The summed E-state index contributed by atoms with van der Waals surface area (Å²) >= 11 is 0. The molecule has 100 valence electrons. The summed E-state index contributed by atoms with van der Waals surface area (Å²) in [4.78, 5) is 25.1. The summed E-state index contributed by atoms with van der Waals surface area (Å²) in [5, 5.41) is 9.11. The van der Waals surface area contributed by atoms with Crippen LogP contribution in [0.15, 0.2) is 24.3 Å². The molecular weight excluding hydrogens is 246 g/mol. The number of amides is 1. The van der Waals surface area contributed by atoms with Gasteiger partial charge in [-0.3, -0.25) is 4.79 Å². The SMILES string of the molecule is O=C(O)[C@@H]1CN(C(=O)C2CCC2)c2ccccc2O1. The number of carboxylic acid groups (broad SMARTS) is 1. The molecule has 19 heavy (non-hydrogen) atoms. The van der Waals surface area contributed by atoms with Crippen LogP contribution in [-0.2, 0) is 9.59 Å². The molecule has 1 aliphatic carbocycles. The molecule has 2 aliphatic rings. The third kappa shape index (κ3) is 2.05. The molecule has 1 saturated carbocycles. The van der Waals surface area contributed by atoms with Crippen molar-refractivity contribution in [3.8, 4) is 5.75 Å². The van der Waals surface area contributed by atoms with Crippen molar-refractivity contribution in [3.05, 3.63) is 24.3 Å². The van der Waals surface area contributed by atoms with Crippen molar-refractivity contribution >= 4 is 17.6 Å². The molecule has 0 spiro atoms. The second-order valence-electron chi connectivity index (χ2n) is 4.99. The molecule has 1 fully saturated rings. The minimum Gasteiger partial charge on any atom is -0.478 e. The minimum absolute atomic E-state index is 0.0215. The fraction of sp³-hybridized carbons (Fsp3) is 0.429. The van der Waals surface area contributed by atoms with Crippen LogP contribution >= 0.6 is 0 Å². The van der Waals surface area contributed by atoms with Gasteiger partial charge in [-0.1, -0.05) is 18.6 Å². The Morgan fingerprint density at radius 3 is 2.63 bits per heavy atom. The van der Waals surface area contributed by atoms with E-state index in [1.54, 1.807) is 23.1 Å². The first-order valence-corrected chi connectivity index (χ1v) is 6.46. The smallest absolute Gasteiger partial charge is 0.346 e. The monoisotopic (exact) mass is 261 g/mol. The van der Waals surface area contributed by atoms with Crippen LogP contribution in [0.2, 0.25) is 0 Å². The van der Waals surface area contributed by atoms with Gasteiger partial charge < -0.3 is 14.7 Å². The van der Waals surface area contributed by atoms with Crippen LogP contribution in [0.4, 0.5) is 5.69 Å². The Labute approximate surface area is 110 Å². The van der Waals surface area contributed by atoms with E-state index in [2.05, 4.69) is 0 Å². The molecule has 5 heteroatoms. The predicted molar refractivity (Wildman–Crippen MR) is 68.2 cm³/mol. The number of para-hydroxylation sites is 2. The van der Waals surface area contributed by atoms with Gasteiger partial charge >= 0.3 is 5.97 Å². The van der Waals surface area contributed by atoms with Gasteiger partial charge in [0, 0.05) is 5.92 Å². The Bertz CT molecular complexity index is 524. The predicted octanol–water partition coefficient (Wildman–Crippen LogP) is 1.67. The number of nitrogens with zero attached hydrogens (tertiary/aromatic N) is 1. The van der Waals surface area contributed by atoms with Crippen LogP contribution in [-0.4, -0.2) is 29.6 Å². The van der Waals surface area contributed by atoms with Gasteiger partial charge in [0.2, 0.25) is 12.0 Å². The topological polar surface area (TPSA) is 66.8 Å². The Balaban J connectivity index is 1.93. The molecule has 1 amide bonds. The van der Waals surface area contributed by atoms with E-state index in [1.807, 2.05) is 6.07 Å². The number of anilines is 1. The van der Waals surface area contributed by atoms with Crippen LogP contribution in [0.25, 0.3) is 0 Å². The van der Waals surface area contributed by atoms with Crippen molar-refractivity contribution in [2.45, 2.75) is 25.4 Å². The molecule has 1 aromatic rings.